The van der Waals surface area contributed by atoms with Crippen LogP contribution in [0, 0.1) is 5.82 Å². The second-order valence-corrected chi connectivity index (χ2v) is 6.46. The molecule has 1 aliphatic heterocycles. The zero-order valence-corrected chi connectivity index (χ0v) is 14.6. The molecule has 1 saturated heterocycles. The highest BCUT2D eigenvalue weighted by atomic mass is 35.5. The minimum absolute atomic E-state index is 0.357. The van der Waals surface area contributed by atoms with Crippen LogP contribution in [0.3, 0.4) is 0 Å². The van der Waals surface area contributed by atoms with E-state index in [2.05, 4.69) is 26.7 Å². The molecule has 128 valence electrons. The van der Waals surface area contributed by atoms with E-state index in [1.165, 1.54) is 18.9 Å². The number of hydrogen-bond donors (Lipinski definition) is 0. The van der Waals surface area contributed by atoms with Gasteiger partial charge in [0, 0.05) is 49.7 Å². The fourth-order valence-electron chi connectivity index (χ4n) is 2.94. The van der Waals surface area contributed by atoms with Gasteiger partial charge in [0.25, 0.3) is 0 Å². The molecule has 0 N–H and O–H groups in total. The Morgan fingerprint density at radius 3 is 2.46 bits per heavy atom. The van der Waals surface area contributed by atoms with Gasteiger partial charge in [-0.1, -0.05) is 31.0 Å². The largest absolute Gasteiger partial charge is 0.338 e. The van der Waals surface area contributed by atoms with Crippen molar-refractivity contribution in [2.24, 2.45) is 0 Å². The third-order valence-corrected chi connectivity index (χ3v) is 4.69. The molecule has 24 heavy (non-hydrogen) atoms. The fourth-order valence-corrected chi connectivity index (χ4v) is 3.21. The number of rotatable bonds is 5. The maximum atomic E-state index is 14.0. The number of piperazine rings is 1. The van der Waals surface area contributed by atoms with Crippen molar-refractivity contribution in [2.75, 3.05) is 37.6 Å². The molecule has 0 bridgehead atoms. The lowest BCUT2D eigenvalue weighted by Crippen LogP contribution is -2.47. The van der Waals surface area contributed by atoms with Crippen molar-refractivity contribution in [2.45, 2.75) is 19.8 Å². The number of hydrogen-bond acceptors (Lipinski definition) is 4. The monoisotopic (exact) mass is 348 g/mol. The van der Waals surface area contributed by atoms with Crippen LogP contribution in [0.2, 0.25) is 5.02 Å². The Bertz CT molecular complexity index is 649. The van der Waals surface area contributed by atoms with E-state index in [1.807, 2.05) is 0 Å². The molecule has 2 heterocycles. The number of unbranched alkanes of at least 4 members (excludes halogenated alkanes) is 1. The van der Waals surface area contributed by atoms with E-state index in [0.29, 0.717) is 22.1 Å². The first-order chi connectivity index (χ1) is 11.7. The van der Waals surface area contributed by atoms with E-state index in [1.54, 1.807) is 24.5 Å². The Kier molecular flexibility index (Phi) is 5.63. The highest BCUT2D eigenvalue weighted by Crippen LogP contribution is 2.30. The summed E-state index contributed by atoms with van der Waals surface area (Å²) in [6.07, 6.45) is 5.77. The summed E-state index contributed by atoms with van der Waals surface area (Å²) in [4.78, 5) is 13.5. The molecule has 1 aromatic carbocycles. The van der Waals surface area contributed by atoms with Gasteiger partial charge >= 0.3 is 0 Å². The van der Waals surface area contributed by atoms with Gasteiger partial charge in [-0.05, 0) is 25.1 Å². The van der Waals surface area contributed by atoms with Crippen LogP contribution in [-0.4, -0.2) is 47.6 Å². The molecule has 1 fully saturated rings. The molecule has 0 aliphatic carbocycles. The van der Waals surface area contributed by atoms with Crippen LogP contribution >= 0.6 is 11.6 Å². The second kappa shape index (κ2) is 7.90. The molecule has 1 aromatic heterocycles. The van der Waals surface area contributed by atoms with Crippen LogP contribution < -0.4 is 4.90 Å². The molecule has 0 atom stereocenters. The Labute approximate surface area is 147 Å². The predicted octanol–water partition coefficient (Wildman–Crippen LogP) is 3.86. The van der Waals surface area contributed by atoms with Crippen molar-refractivity contribution in [3.8, 4) is 11.1 Å². The zero-order valence-electron chi connectivity index (χ0n) is 13.9. The van der Waals surface area contributed by atoms with E-state index in [4.69, 9.17) is 11.6 Å². The molecular formula is C18H22ClFN4. The highest BCUT2D eigenvalue weighted by Gasteiger charge is 2.19. The molecule has 4 nitrogen and oxygen atoms in total. The average molecular weight is 349 g/mol. The smallest absolute Gasteiger partial charge is 0.225 e. The van der Waals surface area contributed by atoms with Crippen molar-refractivity contribution in [3.05, 3.63) is 41.4 Å². The standard InChI is InChI=1S/C18H22ClFN4/c1-2-3-7-23-8-10-24(11-9-23)18-21-12-14(13-22-18)17-15(19)5-4-6-16(17)20/h4-6,12-13H,2-3,7-11H2,1H3. The van der Waals surface area contributed by atoms with Gasteiger partial charge in [0.1, 0.15) is 5.82 Å². The highest BCUT2D eigenvalue weighted by molar-refractivity contribution is 6.33. The van der Waals surface area contributed by atoms with Gasteiger partial charge in [-0.15, -0.1) is 0 Å². The third kappa shape index (κ3) is 3.84. The van der Waals surface area contributed by atoms with E-state index in [0.717, 1.165) is 32.7 Å². The molecule has 0 radical (unpaired) electrons. The maximum absolute atomic E-state index is 14.0. The maximum Gasteiger partial charge on any atom is 0.225 e. The van der Waals surface area contributed by atoms with Crippen LogP contribution in [0.5, 0.6) is 0 Å². The first-order valence-electron chi connectivity index (χ1n) is 8.42. The Hall–Kier alpha value is -1.72. The fraction of sp³-hybridized carbons (Fsp3) is 0.444. The summed E-state index contributed by atoms with van der Waals surface area (Å²) >= 11 is 6.10. The molecule has 6 heteroatoms. The summed E-state index contributed by atoms with van der Waals surface area (Å²) in [6.45, 7) is 7.28. The lowest BCUT2D eigenvalue weighted by Gasteiger charge is -2.34. The molecular weight excluding hydrogens is 327 g/mol. The molecule has 1 aliphatic rings. The topological polar surface area (TPSA) is 32.3 Å². The van der Waals surface area contributed by atoms with Crippen molar-refractivity contribution in [1.29, 1.82) is 0 Å². The van der Waals surface area contributed by atoms with Gasteiger partial charge < -0.3 is 4.90 Å². The number of nitrogens with zero attached hydrogens (tertiary/aromatic N) is 4. The summed E-state index contributed by atoms with van der Waals surface area (Å²) in [5.74, 6) is 0.338. The SMILES string of the molecule is CCCCN1CCN(c2ncc(-c3c(F)cccc3Cl)cn2)CC1. The van der Waals surface area contributed by atoms with Gasteiger partial charge in [-0.3, -0.25) is 4.90 Å². The predicted molar refractivity (Wildman–Crippen MR) is 96.0 cm³/mol. The zero-order chi connectivity index (χ0) is 16.9. The van der Waals surface area contributed by atoms with Crippen LogP contribution in [0.1, 0.15) is 19.8 Å². The van der Waals surface area contributed by atoms with E-state index >= 15 is 0 Å². The second-order valence-electron chi connectivity index (χ2n) is 6.05. The summed E-state index contributed by atoms with van der Waals surface area (Å²) in [5.41, 5.74) is 0.957. The molecule has 2 aromatic rings. The van der Waals surface area contributed by atoms with Crippen molar-refractivity contribution in [1.82, 2.24) is 14.9 Å². The van der Waals surface area contributed by atoms with E-state index in [9.17, 15) is 4.39 Å². The Balaban J connectivity index is 1.68. The lowest BCUT2D eigenvalue weighted by molar-refractivity contribution is 0.253. The van der Waals surface area contributed by atoms with Crippen LogP contribution in [0.4, 0.5) is 10.3 Å². The summed E-state index contributed by atoms with van der Waals surface area (Å²) in [5, 5.41) is 0.371. The lowest BCUT2D eigenvalue weighted by atomic mass is 10.1. The third-order valence-electron chi connectivity index (χ3n) is 4.37. The van der Waals surface area contributed by atoms with Crippen LogP contribution in [0.15, 0.2) is 30.6 Å². The number of anilines is 1. The van der Waals surface area contributed by atoms with Gasteiger partial charge in [0.05, 0.1) is 5.02 Å². The number of halogens is 2. The van der Waals surface area contributed by atoms with Crippen LogP contribution in [0.25, 0.3) is 11.1 Å². The van der Waals surface area contributed by atoms with Gasteiger partial charge in [0.15, 0.2) is 0 Å². The molecule has 0 saturated carbocycles. The van der Waals surface area contributed by atoms with Crippen molar-refractivity contribution >= 4 is 17.5 Å². The Morgan fingerprint density at radius 1 is 1.12 bits per heavy atom. The minimum atomic E-state index is -0.358. The summed E-state index contributed by atoms with van der Waals surface area (Å²) in [7, 11) is 0. The van der Waals surface area contributed by atoms with Crippen molar-refractivity contribution in [3.63, 3.8) is 0 Å². The quantitative estimate of drug-likeness (QED) is 0.821. The molecule has 3 rings (SSSR count). The van der Waals surface area contributed by atoms with Gasteiger partial charge in [0.2, 0.25) is 5.95 Å². The molecule has 0 amide bonds. The number of benzene rings is 1. The minimum Gasteiger partial charge on any atom is -0.338 e. The molecule has 0 unspecified atom stereocenters. The number of aromatic nitrogens is 2. The van der Waals surface area contributed by atoms with E-state index in [-0.39, 0.29) is 5.82 Å². The van der Waals surface area contributed by atoms with Crippen LogP contribution in [-0.2, 0) is 0 Å². The normalized spacial score (nSPS) is 15.7. The van der Waals surface area contributed by atoms with E-state index < -0.39 is 0 Å². The summed E-state index contributed by atoms with van der Waals surface area (Å²) < 4.78 is 14.0. The average Bonchev–Trinajstić information content (AvgIpc) is 2.61. The van der Waals surface area contributed by atoms with Gasteiger partial charge in [-0.2, -0.15) is 0 Å². The summed E-state index contributed by atoms with van der Waals surface area (Å²) in [6, 6.07) is 4.66. The van der Waals surface area contributed by atoms with Gasteiger partial charge in [-0.25, -0.2) is 14.4 Å². The first kappa shape index (κ1) is 17.1. The molecule has 0 spiro atoms. The first-order valence-corrected chi connectivity index (χ1v) is 8.80. The Morgan fingerprint density at radius 2 is 1.83 bits per heavy atom. The van der Waals surface area contributed by atoms with Crippen molar-refractivity contribution < 1.29 is 4.39 Å².